The van der Waals surface area contributed by atoms with Crippen LogP contribution < -0.4 is 19.9 Å². The average molecular weight is 481 g/mol. The van der Waals surface area contributed by atoms with E-state index in [2.05, 4.69) is 38.1 Å². The van der Waals surface area contributed by atoms with E-state index in [9.17, 15) is 4.79 Å². The van der Waals surface area contributed by atoms with Crippen molar-refractivity contribution in [2.75, 3.05) is 48.4 Å². The van der Waals surface area contributed by atoms with Crippen LogP contribution in [0.1, 0.15) is 11.1 Å². The maximum Gasteiger partial charge on any atom is 0.248 e. The van der Waals surface area contributed by atoms with E-state index < -0.39 is 0 Å². The molecule has 36 heavy (non-hydrogen) atoms. The van der Waals surface area contributed by atoms with Crippen molar-refractivity contribution in [2.45, 2.75) is 6.92 Å². The van der Waals surface area contributed by atoms with Gasteiger partial charge in [0.15, 0.2) is 0 Å². The minimum atomic E-state index is -0.187. The van der Waals surface area contributed by atoms with Crippen LogP contribution in [0.25, 0.3) is 17.0 Å². The van der Waals surface area contributed by atoms with Crippen molar-refractivity contribution in [3.8, 4) is 5.75 Å². The van der Waals surface area contributed by atoms with E-state index in [0.717, 1.165) is 71.4 Å². The number of anilines is 3. The Hall–Kier alpha value is -4.46. The van der Waals surface area contributed by atoms with Gasteiger partial charge in [0.25, 0.3) is 0 Å². The number of rotatable bonds is 6. The van der Waals surface area contributed by atoms with E-state index >= 15 is 0 Å². The Morgan fingerprint density at radius 2 is 1.69 bits per heavy atom. The third kappa shape index (κ3) is 5.27. The number of pyridine rings is 1. The Balaban J connectivity index is 1.25. The van der Waals surface area contributed by atoms with Crippen LogP contribution >= 0.6 is 0 Å². The highest BCUT2D eigenvalue weighted by Gasteiger charge is 2.20. The van der Waals surface area contributed by atoms with E-state index in [0.29, 0.717) is 0 Å². The second kappa shape index (κ2) is 10.4. The number of nitrogens with one attached hydrogen (secondary N) is 1. The fraction of sp³-hybridized carbons (Fsp3) is 0.214. The van der Waals surface area contributed by atoms with Gasteiger partial charge in [-0.15, -0.1) is 0 Å². The topological polar surface area (TPSA) is 83.5 Å². The molecule has 0 saturated carbocycles. The van der Waals surface area contributed by atoms with Crippen LogP contribution in [-0.4, -0.2) is 54.1 Å². The van der Waals surface area contributed by atoms with Gasteiger partial charge in [-0.25, -0.2) is 15.0 Å². The average Bonchev–Trinajstić information content (AvgIpc) is 2.93. The van der Waals surface area contributed by atoms with Gasteiger partial charge in [-0.05, 0) is 66.6 Å². The highest BCUT2D eigenvalue weighted by Crippen LogP contribution is 2.26. The maximum absolute atomic E-state index is 12.5. The number of hydrogen-bond donors (Lipinski definition) is 1. The molecule has 1 aliphatic rings. The van der Waals surface area contributed by atoms with Crippen LogP contribution in [0.2, 0.25) is 0 Å². The van der Waals surface area contributed by atoms with Gasteiger partial charge in [0.1, 0.15) is 11.6 Å². The van der Waals surface area contributed by atoms with Gasteiger partial charge in [-0.2, -0.15) is 0 Å². The largest absolute Gasteiger partial charge is 0.497 e. The standard InChI is InChI=1S/C28H28N6O2/c1-20-18-26(33-14-16-34(17-15-33)28-29-12-3-13-30-28)32-25-10-7-22(19-24(20)25)31-27(35)11-6-21-4-8-23(36-2)9-5-21/h3-13,18-19H,14-17H2,1-2H3,(H,31,35). The van der Waals surface area contributed by atoms with Gasteiger partial charge in [-0.3, -0.25) is 4.79 Å². The van der Waals surface area contributed by atoms with Gasteiger partial charge >= 0.3 is 0 Å². The van der Waals surface area contributed by atoms with Gasteiger partial charge in [0, 0.05) is 55.7 Å². The third-order valence-electron chi connectivity index (χ3n) is 6.25. The molecule has 0 atom stereocenters. The molecule has 8 nitrogen and oxygen atoms in total. The summed E-state index contributed by atoms with van der Waals surface area (Å²) in [5.41, 5.74) is 3.69. The number of hydrogen-bond acceptors (Lipinski definition) is 7. The normalized spacial score (nSPS) is 13.8. The molecule has 4 aromatic rings. The van der Waals surface area contributed by atoms with Gasteiger partial charge < -0.3 is 19.9 Å². The Bertz CT molecular complexity index is 1380. The van der Waals surface area contributed by atoms with Crippen molar-refractivity contribution in [3.05, 3.63) is 84.2 Å². The van der Waals surface area contributed by atoms with E-state index in [-0.39, 0.29) is 5.91 Å². The number of aromatic nitrogens is 3. The highest BCUT2D eigenvalue weighted by molar-refractivity contribution is 6.03. The molecule has 0 spiro atoms. The number of methoxy groups -OCH3 is 1. The predicted molar refractivity (Wildman–Crippen MR) is 144 cm³/mol. The zero-order chi connectivity index (χ0) is 24.9. The van der Waals surface area contributed by atoms with Crippen molar-refractivity contribution in [3.63, 3.8) is 0 Å². The molecule has 2 aromatic heterocycles. The highest BCUT2D eigenvalue weighted by atomic mass is 16.5. The third-order valence-corrected chi connectivity index (χ3v) is 6.25. The second-order valence-electron chi connectivity index (χ2n) is 8.65. The molecule has 0 bridgehead atoms. The molecule has 0 radical (unpaired) electrons. The lowest BCUT2D eigenvalue weighted by molar-refractivity contribution is -0.111. The van der Waals surface area contributed by atoms with Gasteiger partial charge in [0.2, 0.25) is 11.9 Å². The van der Waals surface area contributed by atoms with Crippen molar-refractivity contribution in [2.24, 2.45) is 0 Å². The van der Waals surface area contributed by atoms with E-state index in [1.165, 1.54) is 6.08 Å². The summed E-state index contributed by atoms with van der Waals surface area (Å²) in [6.07, 6.45) is 6.85. The Kier molecular flexibility index (Phi) is 6.75. The van der Waals surface area contributed by atoms with Crippen LogP contribution in [0.3, 0.4) is 0 Å². The summed E-state index contributed by atoms with van der Waals surface area (Å²) in [5.74, 6) is 2.33. The minimum Gasteiger partial charge on any atom is -0.497 e. The summed E-state index contributed by atoms with van der Waals surface area (Å²) in [6.45, 7) is 5.47. The predicted octanol–water partition coefficient (Wildman–Crippen LogP) is 4.32. The number of benzene rings is 2. The lowest BCUT2D eigenvalue weighted by atomic mass is 10.1. The smallest absolute Gasteiger partial charge is 0.248 e. The molecule has 1 N–H and O–H groups in total. The first-order valence-corrected chi connectivity index (χ1v) is 11.9. The zero-order valence-electron chi connectivity index (χ0n) is 20.4. The first-order valence-electron chi connectivity index (χ1n) is 11.9. The summed E-state index contributed by atoms with van der Waals surface area (Å²) in [4.78, 5) is 30.6. The summed E-state index contributed by atoms with van der Waals surface area (Å²) in [6, 6.07) is 17.3. The molecule has 8 heteroatoms. The van der Waals surface area contributed by atoms with E-state index in [1.807, 2.05) is 48.5 Å². The molecule has 0 aliphatic carbocycles. The lowest BCUT2D eigenvalue weighted by Gasteiger charge is -2.35. The molecule has 1 aliphatic heterocycles. The fourth-order valence-electron chi connectivity index (χ4n) is 4.28. The number of piperazine rings is 1. The van der Waals surface area contributed by atoms with Crippen molar-refractivity contribution < 1.29 is 9.53 Å². The molecule has 182 valence electrons. The lowest BCUT2D eigenvalue weighted by Crippen LogP contribution is -2.47. The van der Waals surface area contributed by atoms with Crippen LogP contribution in [0.5, 0.6) is 5.75 Å². The van der Waals surface area contributed by atoms with Crippen molar-refractivity contribution >= 4 is 40.3 Å². The number of fused-ring (bicyclic) bond motifs is 1. The molecule has 2 aromatic carbocycles. The number of amides is 1. The van der Waals surface area contributed by atoms with Crippen LogP contribution in [-0.2, 0) is 4.79 Å². The van der Waals surface area contributed by atoms with E-state index in [1.54, 1.807) is 25.6 Å². The Labute approximate surface area is 210 Å². The summed E-state index contributed by atoms with van der Waals surface area (Å²) < 4.78 is 5.16. The van der Waals surface area contributed by atoms with Crippen molar-refractivity contribution in [1.29, 1.82) is 0 Å². The van der Waals surface area contributed by atoms with E-state index in [4.69, 9.17) is 9.72 Å². The summed E-state index contributed by atoms with van der Waals surface area (Å²) in [7, 11) is 1.63. The Morgan fingerprint density at radius 3 is 2.42 bits per heavy atom. The van der Waals surface area contributed by atoms with Crippen LogP contribution in [0.15, 0.2) is 73.1 Å². The molecular weight excluding hydrogens is 452 g/mol. The summed E-state index contributed by atoms with van der Waals surface area (Å²) in [5, 5.41) is 3.97. The Morgan fingerprint density at radius 1 is 0.972 bits per heavy atom. The number of ether oxygens (including phenoxy) is 1. The maximum atomic E-state index is 12.5. The fourth-order valence-corrected chi connectivity index (χ4v) is 4.28. The van der Waals surface area contributed by atoms with Gasteiger partial charge in [-0.1, -0.05) is 12.1 Å². The molecule has 0 unspecified atom stereocenters. The number of carbonyl (C=O) groups excluding carboxylic acids is 1. The first-order chi connectivity index (χ1) is 17.6. The monoisotopic (exact) mass is 480 g/mol. The van der Waals surface area contributed by atoms with Crippen molar-refractivity contribution in [1.82, 2.24) is 15.0 Å². The molecule has 1 amide bonds. The molecule has 5 rings (SSSR count). The number of carbonyl (C=O) groups is 1. The van der Waals surface area contributed by atoms with Crippen LogP contribution in [0, 0.1) is 6.92 Å². The first kappa shape index (κ1) is 23.3. The van der Waals surface area contributed by atoms with Gasteiger partial charge in [0.05, 0.1) is 12.6 Å². The quantitative estimate of drug-likeness (QED) is 0.412. The molecule has 1 saturated heterocycles. The SMILES string of the molecule is COc1ccc(C=CC(=O)Nc2ccc3nc(N4CCN(c5ncccn5)CC4)cc(C)c3c2)cc1. The molecule has 3 heterocycles. The number of nitrogens with zero attached hydrogens (tertiary/aromatic N) is 5. The molecular formula is C28H28N6O2. The number of aryl methyl sites for hydroxylation is 1. The zero-order valence-corrected chi connectivity index (χ0v) is 20.4. The second-order valence-corrected chi connectivity index (χ2v) is 8.65. The molecule has 1 fully saturated rings. The summed E-state index contributed by atoms with van der Waals surface area (Å²) >= 11 is 0. The van der Waals surface area contributed by atoms with Crippen LogP contribution in [0.4, 0.5) is 17.5 Å². The minimum absolute atomic E-state index is 0.187.